The molecule has 4 aromatic rings. The molecule has 2 aromatic heterocycles. The Kier molecular flexibility index (Phi) is 7.34. The van der Waals surface area contributed by atoms with E-state index in [9.17, 15) is 9.59 Å². The fraction of sp³-hybridized carbons (Fsp3) is 0.222. The van der Waals surface area contributed by atoms with Crippen LogP contribution in [0.4, 0.5) is 5.69 Å². The van der Waals surface area contributed by atoms with Crippen LogP contribution in [0.5, 0.6) is 0 Å². The summed E-state index contributed by atoms with van der Waals surface area (Å²) in [5.41, 5.74) is 2.77. The first-order valence-corrected chi connectivity index (χ1v) is 11.3. The number of hydrogen-bond acceptors (Lipinski definition) is 6. The van der Waals surface area contributed by atoms with Gasteiger partial charge in [0.25, 0.3) is 5.91 Å². The lowest BCUT2D eigenvalue weighted by Gasteiger charge is -2.17. The second kappa shape index (κ2) is 10.8. The zero-order valence-corrected chi connectivity index (χ0v) is 19.3. The first kappa shape index (κ1) is 23.2. The summed E-state index contributed by atoms with van der Waals surface area (Å²) in [6.45, 7) is 7.02. The molecule has 0 unspecified atom stereocenters. The van der Waals surface area contributed by atoms with E-state index in [2.05, 4.69) is 29.0 Å². The molecule has 7 heteroatoms. The van der Waals surface area contributed by atoms with Gasteiger partial charge >= 0.3 is 5.97 Å². The zero-order chi connectivity index (χ0) is 23.9. The highest BCUT2D eigenvalue weighted by atomic mass is 16.5. The molecule has 0 aliphatic heterocycles. The minimum Gasteiger partial charge on any atom is -0.463 e. The Balaban J connectivity index is 1.47. The highest BCUT2D eigenvalue weighted by Crippen LogP contribution is 2.26. The standard InChI is InChI=1S/C27H27N3O4/c1-3-30(4-2)15-17-34-27(32)19-11-13-20(14-12-19)28-26(31)22-18-24(25-10-7-16-33-25)29-23-9-6-5-8-21(22)23/h5-14,16,18H,3-4,15,17H2,1-2H3,(H,28,31). The van der Waals surface area contributed by atoms with Crippen LogP contribution < -0.4 is 5.32 Å². The van der Waals surface area contributed by atoms with Crippen molar-refractivity contribution in [2.75, 3.05) is 31.6 Å². The zero-order valence-electron chi connectivity index (χ0n) is 19.3. The predicted molar refractivity (Wildman–Crippen MR) is 132 cm³/mol. The summed E-state index contributed by atoms with van der Waals surface area (Å²) in [6, 6.07) is 19.4. The van der Waals surface area contributed by atoms with Gasteiger partial charge in [0.15, 0.2) is 5.76 Å². The van der Waals surface area contributed by atoms with Crippen LogP contribution in [-0.2, 0) is 4.74 Å². The Bertz CT molecular complexity index is 1260. The van der Waals surface area contributed by atoms with Crippen LogP contribution >= 0.6 is 0 Å². The molecule has 0 aliphatic carbocycles. The Morgan fingerprint density at radius 1 is 1.00 bits per heavy atom. The molecule has 4 rings (SSSR count). The van der Waals surface area contributed by atoms with Crippen LogP contribution in [0.3, 0.4) is 0 Å². The van der Waals surface area contributed by atoms with Crippen molar-refractivity contribution in [3.8, 4) is 11.5 Å². The number of carbonyl (C=O) groups is 2. The lowest BCUT2D eigenvalue weighted by atomic mass is 10.1. The smallest absolute Gasteiger partial charge is 0.338 e. The number of benzene rings is 2. The number of pyridine rings is 1. The summed E-state index contributed by atoms with van der Waals surface area (Å²) in [5, 5.41) is 3.65. The number of rotatable bonds is 9. The second-order valence-corrected chi connectivity index (χ2v) is 7.74. The third-order valence-corrected chi connectivity index (χ3v) is 5.65. The van der Waals surface area contributed by atoms with Crippen molar-refractivity contribution in [3.05, 3.63) is 84.1 Å². The number of carbonyl (C=O) groups excluding carboxylic acids is 2. The number of esters is 1. The van der Waals surface area contributed by atoms with Crippen LogP contribution in [0, 0.1) is 0 Å². The number of ether oxygens (including phenoxy) is 1. The Morgan fingerprint density at radius 2 is 1.76 bits per heavy atom. The van der Waals surface area contributed by atoms with Crippen molar-refractivity contribution in [1.82, 2.24) is 9.88 Å². The number of nitrogens with one attached hydrogen (secondary N) is 1. The molecule has 7 nitrogen and oxygen atoms in total. The van der Waals surface area contributed by atoms with E-state index in [0.29, 0.717) is 46.9 Å². The van der Waals surface area contributed by atoms with E-state index >= 15 is 0 Å². The number of hydrogen-bond donors (Lipinski definition) is 1. The maximum atomic E-state index is 13.2. The molecule has 0 fully saturated rings. The number of anilines is 1. The normalized spacial score (nSPS) is 11.0. The minimum absolute atomic E-state index is 0.277. The second-order valence-electron chi connectivity index (χ2n) is 7.74. The van der Waals surface area contributed by atoms with E-state index in [1.54, 1.807) is 48.7 Å². The van der Waals surface area contributed by atoms with Gasteiger partial charge in [-0.25, -0.2) is 9.78 Å². The summed E-state index contributed by atoms with van der Waals surface area (Å²) in [6.07, 6.45) is 1.57. The molecule has 0 saturated heterocycles. The summed E-state index contributed by atoms with van der Waals surface area (Å²) in [7, 11) is 0. The predicted octanol–water partition coefficient (Wildman–Crippen LogP) is 5.25. The molecular weight excluding hydrogens is 430 g/mol. The van der Waals surface area contributed by atoms with E-state index in [4.69, 9.17) is 9.15 Å². The third-order valence-electron chi connectivity index (χ3n) is 5.65. The molecule has 2 aromatic carbocycles. The fourth-order valence-corrected chi connectivity index (χ4v) is 3.69. The van der Waals surface area contributed by atoms with Gasteiger partial charge < -0.3 is 19.4 Å². The number of aromatic nitrogens is 1. The highest BCUT2D eigenvalue weighted by molar-refractivity contribution is 6.13. The molecule has 0 bridgehead atoms. The van der Waals surface area contributed by atoms with Gasteiger partial charge in [-0.15, -0.1) is 0 Å². The van der Waals surface area contributed by atoms with E-state index in [-0.39, 0.29) is 11.9 Å². The molecular formula is C27H27N3O4. The molecule has 0 radical (unpaired) electrons. The van der Waals surface area contributed by atoms with Crippen molar-refractivity contribution in [2.45, 2.75) is 13.8 Å². The maximum Gasteiger partial charge on any atom is 0.338 e. The molecule has 0 spiro atoms. The van der Waals surface area contributed by atoms with Crippen LogP contribution in [-0.4, -0.2) is 48.0 Å². The van der Waals surface area contributed by atoms with Crippen LogP contribution in [0.2, 0.25) is 0 Å². The van der Waals surface area contributed by atoms with Crippen molar-refractivity contribution in [3.63, 3.8) is 0 Å². The molecule has 1 N–H and O–H groups in total. The van der Waals surface area contributed by atoms with E-state index in [1.165, 1.54) is 0 Å². The van der Waals surface area contributed by atoms with Crippen LogP contribution in [0.15, 0.2) is 77.4 Å². The number of furan rings is 1. The molecule has 2 heterocycles. The Hall–Kier alpha value is -3.97. The number of para-hydroxylation sites is 1. The molecule has 0 atom stereocenters. The number of amides is 1. The van der Waals surface area contributed by atoms with E-state index < -0.39 is 0 Å². The summed E-state index contributed by atoms with van der Waals surface area (Å²) in [4.78, 5) is 32.3. The Labute approximate surface area is 198 Å². The first-order valence-electron chi connectivity index (χ1n) is 11.3. The summed E-state index contributed by atoms with van der Waals surface area (Å²) >= 11 is 0. The van der Waals surface area contributed by atoms with E-state index in [1.807, 2.05) is 24.3 Å². The topological polar surface area (TPSA) is 84.7 Å². The van der Waals surface area contributed by atoms with Gasteiger partial charge in [0.05, 0.1) is 22.9 Å². The largest absolute Gasteiger partial charge is 0.463 e. The molecule has 1 amide bonds. The first-order chi connectivity index (χ1) is 16.6. The van der Waals surface area contributed by atoms with Crippen molar-refractivity contribution in [2.24, 2.45) is 0 Å². The highest BCUT2D eigenvalue weighted by Gasteiger charge is 2.16. The van der Waals surface area contributed by atoms with E-state index in [0.717, 1.165) is 18.5 Å². The monoisotopic (exact) mass is 457 g/mol. The van der Waals surface area contributed by atoms with Gasteiger partial charge in [-0.05, 0) is 61.6 Å². The maximum absolute atomic E-state index is 13.2. The number of nitrogens with zero attached hydrogens (tertiary/aromatic N) is 2. The molecule has 174 valence electrons. The summed E-state index contributed by atoms with van der Waals surface area (Å²) < 4.78 is 10.8. The van der Waals surface area contributed by atoms with Crippen molar-refractivity contribution in [1.29, 1.82) is 0 Å². The average molecular weight is 458 g/mol. The van der Waals surface area contributed by atoms with Crippen LogP contribution in [0.1, 0.15) is 34.6 Å². The van der Waals surface area contributed by atoms with Gasteiger partial charge in [-0.3, -0.25) is 4.79 Å². The van der Waals surface area contributed by atoms with Crippen molar-refractivity contribution < 1.29 is 18.7 Å². The molecule has 34 heavy (non-hydrogen) atoms. The van der Waals surface area contributed by atoms with Gasteiger partial charge in [0, 0.05) is 17.6 Å². The summed E-state index contributed by atoms with van der Waals surface area (Å²) in [5.74, 6) is -0.0714. The SMILES string of the molecule is CCN(CC)CCOC(=O)c1ccc(NC(=O)c2cc(-c3ccco3)nc3ccccc23)cc1. The van der Waals surface area contributed by atoms with Crippen molar-refractivity contribution >= 4 is 28.5 Å². The molecule has 0 aliphatic rings. The lowest BCUT2D eigenvalue weighted by molar-refractivity contribution is 0.0466. The van der Waals surface area contributed by atoms with Gasteiger partial charge in [-0.2, -0.15) is 0 Å². The fourth-order valence-electron chi connectivity index (χ4n) is 3.69. The lowest BCUT2D eigenvalue weighted by Crippen LogP contribution is -2.27. The van der Waals surface area contributed by atoms with Gasteiger partial charge in [0.2, 0.25) is 0 Å². The Morgan fingerprint density at radius 3 is 2.47 bits per heavy atom. The quantitative estimate of drug-likeness (QED) is 0.346. The minimum atomic E-state index is -0.381. The average Bonchev–Trinajstić information content (AvgIpc) is 3.41. The van der Waals surface area contributed by atoms with Gasteiger partial charge in [-0.1, -0.05) is 32.0 Å². The molecule has 0 saturated carbocycles. The van der Waals surface area contributed by atoms with Gasteiger partial charge in [0.1, 0.15) is 12.3 Å². The number of likely N-dealkylation sites (N-methyl/N-ethyl adjacent to an activating group) is 1. The van der Waals surface area contributed by atoms with Crippen LogP contribution in [0.25, 0.3) is 22.4 Å². The number of fused-ring (bicyclic) bond motifs is 1. The third kappa shape index (κ3) is 5.32.